The highest BCUT2D eigenvalue weighted by atomic mass is 32.2. The van der Waals surface area contributed by atoms with Crippen LogP contribution in [-0.2, 0) is 38.9 Å². The molecule has 0 bridgehead atoms. The van der Waals surface area contributed by atoms with Crippen LogP contribution < -0.4 is 4.90 Å². The van der Waals surface area contributed by atoms with Gasteiger partial charge < -0.3 is 14.2 Å². The Morgan fingerprint density at radius 3 is 2.69 bits per heavy atom. The second kappa shape index (κ2) is 10.1. The minimum Gasteiger partial charge on any atom is -0.379 e. The molecular weight excluding hydrogens is 464 g/mol. The molecule has 1 amide bonds. The van der Waals surface area contributed by atoms with Gasteiger partial charge in [0.25, 0.3) is 0 Å². The fraction of sp³-hybridized carbons (Fsp3) is 0.462. The Bertz CT molecular complexity index is 1330. The maximum atomic E-state index is 13.2. The summed E-state index contributed by atoms with van der Waals surface area (Å²) >= 11 is 0. The number of para-hydroxylation sites is 1. The normalized spacial score (nSPS) is 17.0. The molecule has 1 fully saturated rings. The van der Waals surface area contributed by atoms with Gasteiger partial charge in [0.05, 0.1) is 29.1 Å². The largest absolute Gasteiger partial charge is 0.379 e. The molecule has 9 heteroatoms. The van der Waals surface area contributed by atoms with Gasteiger partial charge in [-0.05, 0) is 49.1 Å². The van der Waals surface area contributed by atoms with Crippen LogP contribution >= 0.6 is 0 Å². The molecule has 0 N–H and O–H groups in total. The van der Waals surface area contributed by atoms with Crippen molar-refractivity contribution in [2.45, 2.75) is 50.5 Å². The Morgan fingerprint density at radius 1 is 1.09 bits per heavy atom. The number of carbonyl (C=O) groups excluding carboxylic acids is 1. The quantitative estimate of drug-likeness (QED) is 0.501. The molecule has 0 atom stereocenters. The standard InChI is InChI=1S/C26H32N4O4S/c1-2-13-29-24-10-9-21(35(32,33)28-15-17-34-18-16-28)19-22(24)27-25(29)11-12-26(31)30-14-5-7-20-6-3-4-8-23(20)30/h3-4,6,8-10,19H,2,5,7,11-18H2,1H3. The fourth-order valence-electron chi connectivity index (χ4n) is 5.07. The Morgan fingerprint density at radius 2 is 1.89 bits per heavy atom. The molecular formula is C26H32N4O4S. The van der Waals surface area contributed by atoms with Crippen LogP contribution in [0.3, 0.4) is 0 Å². The number of imidazole rings is 1. The first-order chi connectivity index (χ1) is 17.0. The van der Waals surface area contributed by atoms with E-state index in [2.05, 4.69) is 17.6 Å². The number of aromatic nitrogens is 2. The Balaban J connectivity index is 1.39. The second-order valence-electron chi connectivity index (χ2n) is 9.12. The van der Waals surface area contributed by atoms with E-state index in [9.17, 15) is 13.2 Å². The summed E-state index contributed by atoms with van der Waals surface area (Å²) in [4.78, 5) is 20.1. The van der Waals surface area contributed by atoms with E-state index in [0.717, 1.165) is 49.4 Å². The third-order valence-corrected chi connectivity index (χ3v) is 8.72. The molecule has 0 radical (unpaired) electrons. The van der Waals surface area contributed by atoms with Crippen LogP contribution in [0.4, 0.5) is 5.69 Å². The highest BCUT2D eigenvalue weighted by molar-refractivity contribution is 7.89. The molecule has 5 rings (SSSR count). The van der Waals surface area contributed by atoms with Crippen molar-refractivity contribution in [1.29, 1.82) is 0 Å². The molecule has 186 valence electrons. The van der Waals surface area contributed by atoms with Crippen molar-refractivity contribution in [2.75, 3.05) is 37.7 Å². The molecule has 1 aromatic heterocycles. The Labute approximate surface area is 206 Å². The number of anilines is 1. The van der Waals surface area contributed by atoms with E-state index in [1.54, 1.807) is 12.1 Å². The number of rotatable bonds is 7. The molecule has 0 aliphatic carbocycles. The number of carbonyl (C=O) groups is 1. The molecule has 2 aliphatic rings. The first kappa shape index (κ1) is 24.0. The van der Waals surface area contributed by atoms with E-state index in [4.69, 9.17) is 9.72 Å². The van der Waals surface area contributed by atoms with Crippen LogP contribution in [0.15, 0.2) is 47.4 Å². The predicted octanol–water partition coefficient (Wildman–Crippen LogP) is 3.38. The summed E-state index contributed by atoms with van der Waals surface area (Å²) in [6.45, 7) is 5.14. The van der Waals surface area contributed by atoms with Crippen molar-refractivity contribution in [3.8, 4) is 0 Å². The summed E-state index contributed by atoms with van der Waals surface area (Å²) in [5.74, 6) is 0.921. The predicted molar refractivity (Wildman–Crippen MR) is 135 cm³/mol. The van der Waals surface area contributed by atoms with Crippen molar-refractivity contribution < 1.29 is 17.9 Å². The first-order valence-corrected chi connectivity index (χ1v) is 13.9. The van der Waals surface area contributed by atoms with Crippen molar-refractivity contribution >= 4 is 32.7 Å². The second-order valence-corrected chi connectivity index (χ2v) is 11.1. The molecule has 1 saturated heterocycles. The van der Waals surface area contributed by atoms with E-state index in [1.807, 2.05) is 29.2 Å². The lowest BCUT2D eigenvalue weighted by atomic mass is 10.0. The molecule has 0 saturated carbocycles. The lowest BCUT2D eigenvalue weighted by Gasteiger charge is -2.29. The van der Waals surface area contributed by atoms with Crippen LogP contribution in [0, 0.1) is 0 Å². The third-order valence-electron chi connectivity index (χ3n) is 6.83. The topological polar surface area (TPSA) is 84.7 Å². The molecule has 35 heavy (non-hydrogen) atoms. The average Bonchev–Trinajstić information content (AvgIpc) is 3.24. The zero-order valence-corrected chi connectivity index (χ0v) is 21.0. The van der Waals surface area contributed by atoms with E-state index < -0.39 is 10.0 Å². The number of ether oxygens (including phenoxy) is 1. The summed E-state index contributed by atoms with van der Waals surface area (Å²) in [6.07, 6.45) is 3.76. The molecule has 2 aromatic carbocycles. The van der Waals surface area contributed by atoms with E-state index in [0.29, 0.717) is 44.7 Å². The number of sulfonamides is 1. The molecule has 8 nitrogen and oxygen atoms in total. The van der Waals surface area contributed by atoms with Crippen LogP contribution in [0.2, 0.25) is 0 Å². The summed E-state index contributed by atoms with van der Waals surface area (Å²) in [7, 11) is -3.59. The number of nitrogens with zero attached hydrogens (tertiary/aromatic N) is 4. The first-order valence-electron chi connectivity index (χ1n) is 12.4. The van der Waals surface area contributed by atoms with Gasteiger partial charge in [-0.1, -0.05) is 25.1 Å². The number of amides is 1. The minimum atomic E-state index is -3.59. The molecule has 0 unspecified atom stereocenters. The number of aryl methyl sites for hydroxylation is 3. The van der Waals surface area contributed by atoms with Gasteiger partial charge in [-0.3, -0.25) is 4.79 Å². The lowest BCUT2D eigenvalue weighted by molar-refractivity contribution is -0.118. The molecule has 3 aromatic rings. The van der Waals surface area contributed by atoms with Crippen LogP contribution in [0.1, 0.15) is 37.6 Å². The summed E-state index contributed by atoms with van der Waals surface area (Å²) in [5, 5.41) is 0. The number of hydrogen-bond donors (Lipinski definition) is 0. The van der Waals surface area contributed by atoms with E-state index >= 15 is 0 Å². The smallest absolute Gasteiger partial charge is 0.243 e. The number of benzene rings is 2. The minimum absolute atomic E-state index is 0.0999. The summed E-state index contributed by atoms with van der Waals surface area (Å²) in [5.41, 5.74) is 3.79. The van der Waals surface area contributed by atoms with Gasteiger partial charge in [-0.2, -0.15) is 4.31 Å². The zero-order chi connectivity index (χ0) is 24.4. The third kappa shape index (κ3) is 4.72. The number of fused-ring (bicyclic) bond motifs is 2. The van der Waals surface area contributed by atoms with Gasteiger partial charge in [0.15, 0.2) is 0 Å². The molecule has 3 heterocycles. The molecule has 2 aliphatic heterocycles. The monoisotopic (exact) mass is 496 g/mol. The highest BCUT2D eigenvalue weighted by Gasteiger charge is 2.27. The fourth-order valence-corrected chi connectivity index (χ4v) is 6.49. The van der Waals surface area contributed by atoms with Gasteiger partial charge in [0, 0.05) is 44.7 Å². The van der Waals surface area contributed by atoms with Crippen molar-refractivity contribution in [2.24, 2.45) is 0 Å². The van der Waals surface area contributed by atoms with Gasteiger partial charge in [-0.25, -0.2) is 13.4 Å². The number of morpholine rings is 1. The highest BCUT2D eigenvalue weighted by Crippen LogP contribution is 2.28. The van der Waals surface area contributed by atoms with Crippen LogP contribution in [0.5, 0.6) is 0 Å². The van der Waals surface area contributed by atoms with Crippen molar-refractivity contribution in [3.05, 3.63) is 53.9 Å². The zero-order valence-electron chi connectivity index (χ0n) is 20.1. The summed E-state index contributed by atoms with van der Waals surface area (Å²) in [6, 6.07) is 13.3. The van der Waals surface area contributed by atoms with Crippen LogP contribution in [0.25, 0.3) is 11.0 Å². The maximum Gasteiger partial charge on any atom is 0.243 e. The molecule has 0 spiro atoms. The number of hydrogen-bond acceptors (Lipinski definition) is 5. The Kier molecular flexibility index (Phi) is 6.91. The maximum absolute atomic E-state index is 13.2. The van der Waals surface area contributed by atoms with E-state index in [-0.39, 0.29) is 10.8 Å². The van der Waals surface area contributed by atoms with Gasteiger partial charge in [-0.15, -0.1) is 0 Å². The van der Waals surface area contributed by atoms with Gasteiger partial charge in [0.1, 0.15) is 5.82 Å². The average molecular weight is 497 g/mol. The van der Waals surface area contributed by atoms with E-state index in [1.165, 1.54) is 9.87 Å². The van der Waals surface area contributed by atoms with Crippen molar-refractivity contribution in [1.82, 2.24) is 13.9 Å². The van der Waals surface area contributed by atoms with Gasteiger partial charge in [0.2, 0.25) is 15.9 Å². The lowest BCUT2D eigenvalue weighted by Crippen LogP contribution is -2.40. The van der Waals surface area contributed by atoms with Crippen LogP contribution in [-0.4, -0.2) is 61.0 Å². The SMILES string of the molecule is CCCn1c(CCC(=O)N2CCCc3ccccc32)nc2cc(S(=O)(=O)N3CCOCC3)ccc21. The Hall–Kier alpha value is -2.75. The van der Waals surface area contributed by atoms with Crippen molar-refractivity contribution in [3.63, 3.8) is 0 Å². The summed E-state index contributed by atoms with van der Waals surface area (Å²) < 4.78 is 35.1. The van der Waals surface area contributed by atoms with Gasteiger partial charge >= 0.3 is 0 Å².